The Morgan fingerprint density at radius 3 is 2.44 bits per heavy atom. The highest BCUT2D eigenvalue weighted by molar-refractivity contribution is 5.91. The van der Waals surface area contributed by atoms with Crippen LogP contribution in [-0.2, 0) is 20.7 Å². The van der Waals surface area contributed by atoms with E-state index in [1.54, 1.807) is 25.2 Å². The molecule has 0 saturated carbocycles. The quantitative estimate of drug-likeness (QED) is 0.378. The number of ether oxygens (including phenoxy) is 1. The second-order valence-electron chi connectivity index (χ2n) is 6.39. The summed E-state index contributed by atoms with van der Waals surface area (Å²) in [6, 6.07) is 1.96. The summed E-state index contributed by atoms with van der Waals surface area (Å²) in [5.41, 5.74) is 0.254. The summed E-state index contributed by atoms with van der Waals surface area (Å²) in [5.74, 6) is -2.16. The maximum Gasteiger partial charge on any atom is 0.329 e. The maximum atomic E-state index is 13.4. The summed E-state index contributed by atoms with van der Waals surface area (Å²) in [6.45, 7) is 5.98. The molecule has 0 radical (unpaired) electrons. The number of halogens is 2. The van der Waals surface area contributed by atoms with Gasteiger partial charge in [0.25, 0.3) is 0 Å². The Morgan fingerprint density at radius 2 is 1.85 bits per heavy atom. The SMILES string of the molecule is C/C=C\COC(=O)[C@H](Cc1cc(F)cc(F)c1)NC(=O)/C=C/CC(C)CC. The van der Waals surface area contributed by atoms with Gasteiger partial charge in [-0.25, -0.2) is 13.6 Å². The third-order valence-corrected chi connectivity index (χ3v) is 4.03. The molecule has 1 unspecified atom stereocenters. The van der Waals surface area contributed by atoms with Crippen LogP contribution in [0.4, 0.5) is 8.78 Å². The molecular formula is C21H27F2NO3. The van der Waals surface area contributed by atoms with Crippen LogP contribution in [0, 0.1) is 17.6 Å². The Bertz CT molecular complexity index is 666. The number of esters is 1. The Kier molecular flexibility index (Phi) is 10.0. The molecule has 0 aliphatic rings. The van der Waals surface area contributed by atoms with E-state index in [4.69, 9.17) is 4.74 Å². The lowest BCUT2D eigenvalue weighted by Gasteiger charge is -2.17. The number of nitrogens with one attached hydrogen (secondary N) is 1. The van der Waals surface area contributed by atoms with E-state index in [-0.39, 0.29) is 18.6 Å². The molecule has 0 heterocycles. The minimum atomic E-state index is -1.04. The zero-order valence-corrected chi connectivity index (χ0v) is 16.0. The molecule has 2 atom stereocenters. The van der Waals surface area contributed by atoms with Crippen molar-refractivity contribution in [2.75, 3.05) is 6.61 Å². The molecule has 1 rings (SSSR count). The summed E-state index contributed by atoms with van der Waals surface area (Å²) in [7, 11) is 0. The first-order valence-corrected chi connectivity index (χ1v) is 9.05. The van der Waals surface area contributed by atoms with Crippen LogP contribution in [0.25, 0.3) is 0 Å². The molecule has 0 aliphatic heterocycles. The zero-order chi connectivity index (χ0) is 20.2. The van der Waals surface area contributed by atoms with Crippen LogP contribution in [0.5, 0.6) is 0 Å². The van der Waals surface area contributed by atoms with E-state index < -0.39 is 29.6 Å². The van der Waals surface area contributed by atoms with Crippen LogP contribution in [0.1, 0.15) is 39.2 Å². The van der Waals surface area contributed by atoms with Gasteiger partial charge in [0.2, 0.25) is 5.91 Å². The van der Waals surface area contributed by atoms with E-state index in [0.717, 1.165) is 31.0 Å². The molecule has 1 N–H and O–H groups in total. The average molecular weight is 379 g/mol. The van der Waals surface area contributed by atoms with Crippen LogP contribution in [-0.4, -0.2) is 24.5 Å². The topological polar surface area (TPSA) is 55.4 Å². The molecule has 0 spiro atoms. The number of carbonyl (C=O) groups is 2. The van der Waals surface area contributed by atoms with Crippen molar-refractivity contribution in [3.8, 4) is 0 Å². The molecule has 27 heavy (non-hydrogen) atoms. The number of carbonyl (C=O) groups excluding carboxylic acids is 2. The van der Waals surface area contributed by atoms with E-state index in [0.29, 0.717) is 5.92 Å². The molecule has 0 aliphatic carbocycles. The van der Waals surface area contributed by atoms with Gasteiger partial charge in [0, 0.05) is 12.5 Å². The first kappa shape index (κ1) is 22.5. The van der Waals surface area contributed by atoms with Gasteiger partial charge >= 0.3 is 5.97 Å². The third-order valence-electron chi connectivity index (χ3n) is 4.03. The van der Waals surface area contributed by atoms with E-state index in [9.17, 15) is 18.4 Å². The van der Waals surface area contributed by atoms with Gasteiger partial charge in [-0.15, -0.1) is 0 Å². The van der Waals surface area contributed by atoms with Gasteiger partial charge in [-0.05, 0) is 43.0 Å². The van der Waals surface area contributed by atoms with Crippen LogP contribution < -0.4 is 5.32 Å². The largest absolute Gasteiger partial charge is 0.460 e. The first-order chi connectivity index (χ1) is 12.8. The van der Waals surface area contributed by atoms with Crippen molar-refractivity contribution in [3.05, 3.63) is 59.7 Å². The minimum Gasteiger partial charge on any atom is -0.460 e. The highest BCUT2D eigenvalue weighted by Gasteiger charge is 2.22. The molecule has 0 saturated heterocycles. The van der Waals surface area contributed by atoms with Crippen molar-refractivity contribution >= 4 is 11.9 Å². The monoisotopic (exact) mass is 379 g/mol. The maximum absolute atomic E-state index is 13.4. The standard InChI is InChI=1S/C21H27F2NO3/c1-4-6-10-27-21(26)19(13-16-11-17(22)14-18(23)12-16)24-20(25)9-7-8-15(3)5-2/h4,6-7,9,11-12,14-15,19H,5,8,10,13H2,1-3H3,(H,24,25)/b6-4-,9-7+/t15?,19-/m0/s1. The number of amides is 1. The fourth-order valence-electron chi connectivity index (χ4n) is 2.28. The third kappa shape index (κ3) is 9.13. The molecule has 4 nitrogen and oxygen atoms in total. The van der Waals surface area contributed by atoms with E-state index >= 15 is 0 Å². The summed E-state index contributed by atoms with van der Waals surface area (Å²) >= 11 is 0. The normalized spacial score (nSPS) is 13.7. The molecule has 1 amide bonds. The van der Waals surface area contributed by atoms with Gasteiger partial charge < -0.3 is 10.1 Å². The van der Waals surface area contributed by atoms with Gasteiger partial charge in [0.1, 0.15) is 24.3 Å². The lowest BCUT2D eigenvalue weighted by atomic mass is 10.0. The lowest BCUT2D eigenvalue weighted by Crippen LogP contribution is -2.42. The summed E-state index contributed by atoms with van der Waals surface area (Å²) in [6.07, 6.45) is 8.14. The van der Waals surface area contributed by atoms with Gasteiger partial charge in [-0.1, -0.05) is 38.5 Å². The van der Waals surface area contributed by atoms with E-state index in [1.165, 1.54) is 6.08 Å². The number of benzene rings is 1. The van der Waals surface area contributed by atoms with Crippen LogP contribution in [0.3, 0.4) is 0 Å². The molecule has 0 aromatic heterocycles. The Balaban J connectivity index is 2.83. The first-order valence-electron chi connectivity index (χ1n) is 9.05. The predicted octanol–water partition coefficient (Wildman–Crippen LogP) is 4.10. The number of hydrogen-bond donors (Lipinski definition) is 1. The second-order valence-corrected chi connectivity index (χ2v) is 6.39. The highest BCUT2D eigenvalue weighted by Crippen LogP contribution is 2.11. The van der Waals surface area contributed by atoms with E-state index in [2.05, 4.69) is 19.2 Å². The van der Waals surface area contributed by atoms with Crippen molar-refractivity contribution in [2.24, 2.45) is 5.92 Å². The number of hydrogen-bond acceptors (Lipinski definition) is 3. The van der Waals surface area contributed by atoms with Crippen LogP contribution in [0.2, 0.25) is 0 Å². The fraction of sp³-hybridized carbons (Fsp3) is 0.429. The zero-order valence-electron chi connectivity index (χ0n) is 16.0. The highest BCUT2D eigenvalue weighted by atomic mass is 19.1. The van der Waals surface area contributed by atoms with Gasteiger partial charge in [-0.3, -0.25) is 4.79 Å². The fourth-order valence-corrected chi connectivity index (χ4v) is 2.28. The van der Waals surface area contributed by atoms with Crippen molar-refractivity contribution in [2.45, 2.75) is 46.1 Å². The smallest absolute Gasteiger partial charge is 0.329 e. The lowest BCUT2D eigenvalue weighted by molar-refractivity contribution is -0.146. The molecule has 6 heteroatoms. The second kappa shape index (κ2) is 12.0. The van der Waals surface area contributed by atoms with Crippen molar-refractivity contribution in [1.82, 2.24) is 5.32 Å². The van der Waals surface area contributed by atoms with Gasteiger partial charge in [0.15, 0.2) is 0 Å². The number of allylic oxidation sites excluding steroid dienone is 2. The predicted molar refractivity (Wildman–Crippen MR) is 101 cm³/mol. The Labute approximate surface area is 159 Å². The Hall–Kier alpha value is -2.50. The van der Waals surface area contributed by atoms with Gasteiger partial charge in [0.05, 0.1) is 0 Å². The minimum absolute atomic E-state index is 0.0586. The van der Waals surface area contributed by atoms with E-state index in [1.807, 2.05) is 0 Å². The van der Waals surface area contributed by atoms with Crippen LogP contribution >= 0.6 is 0 Å². The molecule has 1 aromatic carbocycles. The molecule has 148 valence electrons. The summed E-state index contributed by atoms with van der Waals surface area (Å²) in [4.78, 5) is 24.4. The molecule has 1 aromatic rings. The number of rotatable bonds is 10. The van der Waals surface area contributed by atoms with Crippen molar-refractivity contribution in [3.63, 3.8) is 0 Å². The molecule has 0 bridgehead atoms. The summed E-state index contributed by atoms with van der Waals surface area (Å²) in [5, 5.41) is 2.55. The van der Waals surface area contributed by atoms with Crippen molar-refractivity contribution < 1.29 is 23.1 Å². The average Bonchev–Trinajstić information content (AvgIpc) is 2.60. The van der Waals surface area contributed by atoms with Crippen molar-refractivity contribution in [1.29, 1.82) is 0 Å². The van der Waals surface area contributed by atoms with Crippen LogP contribution in [0.15, 0.2) is 42.5 Å². The van der Waals surface area contributed by atoms with Gasteiger partial charge in [-0.2, -0.15) is 0 Å². The molecule has 0 fully saturated rings. The summed E-state index contributed by atoms with van der Waals surface area (Å²) < 4.78 is 31.9. The Morgan fingerprint density at radius 1 is 1.19 bits per heavy atom. The molecular weight excluding hydrogens is 352 g/mol.